The number of rotatable bonds is 5. The Morgan fingerprint density at radius 2 is 1.94 bits per heavy atom. The van der Waals surface area contributed by atoms with E-state index in [-0.39, 0.29) is 17.1 Å². The van der Waals surface area contributed by atoms with Gasteiger partial charge in [-0.3, -0.25) is 0 Å². The molecule has 96 valence electrons. The molecule has 0 heterocycles. The van der Waals surface area contributed by atoms with Crippen LogP contribution in [-0.4, -0.2) is 23.5 Å². The molecule has 1 aromatic rings. The molecule has 2 N–H and O–H groups in total. The SMILES string of the molecule is CNC(C)c1cccc(F)c1SC(C)C(C)O. The molecule has 1 rings (SSSR count). The van der Waals surface area contributed by atoms with E-state index in [0.29, 0.717) is 4.90 Å². The van der Waals surface area contributed by atoms with Crippen LogP contribution in [0.3, 0.4) is 0 Å². The van der Waals surface area contributed by atoms with E-state index in [1.807, 2.05) is 27.0 Å². The molecule has 3 atom stereocenters. The van der Waals surface area contributed by atoms with Crippen molar-refractivity contribution in [3.8, 4) is 0 Å². The minimum atomic E-state index is -0.461. The van der Waals surface area contributed by atoms with Crippen LogP contribution in [0.1, 0.15) is 32.4 Å². The summed E-state index contributed by atoms with van der Waals surface area (Å²) in [5.41, 5.74) is 0.935. The Hall–Kier alpha value is -0.580. The zero-order valence-corrected chi connectivity index (χ0v) is 11.5. The molecule has 0 aromatic heterocycles. The van der Waals surface area contributed by atoms with Crippen molar-refractivity contribution >= 4 is 11.8 Å². The van der Waals surface area contributed by atoms with Gasteiger partial charge in [0.25, 0.3) is 0 Å². The molecule has 0 fully saturated rings. The third-order valence-electron chi connectivity index (χ3n) is 2.88. The van der Waals surface area contributed by atoms with Gasteiger partial charge in [-0.05, 0) is 32.5 Å². The number of hydrogen-bond acceptors (Lipinski definition) is 3. The summed E-state index contributed by atoms with van der Waals surface area (Å²) in [7, 11) is 1.85. The molecule has 1 aromatic carbocycles. The Kier molecular flexibility index (Phi) is 5.43. The van der Waals surface area contributed by atoms with E-state index in [2.05, 4.69) is 5.32 Å². The van der Waals surface area contributed by atoms with Crippen molar-refractivity contribution in [1.29, 1.82) is 0 Å². The van der Waals surface area contributed by atoms with E-state index in [1.165, 1.54) is 17.8 Å². The van der Waals surface area contributed by atoms with Crippen molar-refractivity contribution in [2.24, 2.45) is 0 Å². The molecule has 17 heavy (non-hydrogen) atoms. The second kappa shape index (κ2) is 6.38. The summed E-state index contributed by atoms with van der Waals surface area (Å²) >= 11 is 1.38. The zero-order chi connectivity index (χ0) is 13.0. The summed E-state index contributed by atoms with van der Waals surface area (Å²) in [6.45, 7) is 5.61. The molecular formula is C13H20FNOS. The van der Waals surface area contributed by atoms with Crippen LogP contribution >= 0.6 is 11.8 Å². The largest absolute Gasteiger partial charge is 0.392 e. The highest BCUT2D eigenvalue weighted by Gasteiger charge is 2.18. The van der Waals surface area contributed by atoms with Gasteiger partial charge in [-0.25, -0.2) is 4.39 Å². The van der Waals surface area contributed by atoms with Crippen molar-refractivity contribution in [3.05, 3.63) is 29.6 Å². The third-order valence-corrected chi connectivity index (χ3v) is 4.31. The number of nitrogens with one attached hydrogen (secondary N) is 1. The number of halogens is 1. The molecular weight excluding hydrogens is 237 g/mol. The topological polar surface area (TPSA) is 32.3 Å². The van der Waals surface area contributed by atoms with E-state index in [1.54, 1.807) is 13.0 Å². The lowest BCUT2D eigenvalue weighted by atomic mass is 10.1. The smallest absolute Gasteiger partial charge is 0.137 e. The van der Waals surface area contributed by atoms with Gasteiger partial charge in [0.2, 0.25) is 0 Å². The second-order valence-corrected chi connectivity index (χ2v) is 5.62. The summed E-state index contributed by atoms with van der Waals surface area (Å²) in [5.74, 6) is -0.220. The van der Waals surface area contributed by atoms with Gasteiger partial charge in [0.1, 0.15) is 5.82 Å². The molecule has 0 aliphatic rings. The fourth-order valence-electron chi connectivity index (χ4n) is 1.43. The Morgan fingerprint density at radius 1 is 1.29 bits per heavy atom. The molecule has 0 bridgehead atoms. The summed E-state index contributed by atoms with van der Waals surface area (Å²) in [5, 5.41) is 12.6. The number of benzene rings is 1. The van der Waals surface area contributed by atoms with Crippen LogP contribution < -0.4 is 5.32 Å². The third kappa shape index (κ3) is 3.69. The van der Waals surface area contributed by atoms with Gasteiger partial charge in [-0.15, -0.1) is 11.8 Å². The van der Waals surface area contributed by atoms with Gasteiger partial charge in [0.15, 0.2) is 0 Å². The van der Waals surface area contributed by atoms with Crippen LogP contribution in [0.25, 0.3) is 0 Å². The van der Waals surface area contributed by atoms with Crippen LogP contribution in [0.15, 0.2) is 23.1 Å². The number of aliphatic hydroxyl groups is 1. The first-order valence-corrected chi connectivity index (χ1v) is 6.65. The molecule has 0 radical (unpaired) electrons. The Balaban J connectivity index is 3.03. The van der Waals surface area contributed by atoms with E-state index in [4.69, 9.17) is 0 Å². The van der Waals surface area contributed by atoms with Crippen molar-refractivity contribution in [1.82, 2.24) is 5.32 Å². The maximum absolute atomic E-state index is 13.8. The van der Waals surface area contributed by atoms with Gasteiger partial charge in [0.05, 0.1) is 6.10 Å². The van der Waals surface area contributed by atoms with E-state index in [0.717, 1.165) is 5.56 Å². The Morgan fingerprint density at radius 3 is 2.47 bits per heavy atom. The zero-order valence-electron chi connectivity index (χ0n) is 10.7. The molecule has 4 heteroatoms. The van der Waals surface area contributed by atoms with E-state index < -0.39 is 6.10 Å². The van der Waals surface area contributed by atoms with Crippen LogP contribution in [0.2, 0.25) is 0 Å². The van der Waals surface area contributed by atoms with Gasteiger partial charge < -0.3 is 10.4 Å². The van der Waals surface area contributed by atoms with Crippen molar-refractivity contribution < 1.29 is 9.50 Å². The van der Waals surface area contributed by atoms with Crippen LogP contribution in [0.5, 0.6) is 0 Å². The van der Waals surface area contributed by atoms with Crippen LogP contribution in [-0.2, 0) is 0 Å². The fraction of sp³-hybridized carbons (Fsp3) is 0.538. The van der Waals surface area contributed by atoms with Crippen molar-refractivity contribution in [2.45, 2.75) is 43.1 Å². The highest BCUT2D eigenvalue weighted by atomic mass is 32.2. The average Bonchev–Trinajstić information content (AvgIpc) is 2.30. The average molecular weight is 257 g/mol. The lowest BCUT2D eigenvalue weighted by Crippen LogP contribution is -2.18. The standard InChI is InChI=1S/C13H20FNOS/c1-8(15-4)11-6-5-7-12(14)13(11)17-10(3)9(2)16/h5-10,15-16H,1-4H3. The minimum absolute atomic E-state index is 0.0327. The first kappa shape index (κ1) is 14.5. The van der Waals surface area contributed by atoms with Gasteiger partial charge >= 0.3 is 0 Å². The van der Waals surface area contributed by atoms with Gasteiger partial charge in [-0.2, -0.15) is 0 Å². The molecule has 0 saturated heterocycles. The first-order valence-electron chi connectivity index (χ1n) is 5.77. The molecule has 0 saturated carbocycles. The first-order chi connectivity index (χ1) is 7.97. The van der Waals surface area contributed by atoms with Gasteiger partial charge in [0, 0.05) is 16.2 Å². The minimum Gasteiger partial charge on any atom is -0.392 e. The lowest BCUT2D eigenvalue weighted by molar-refractivity contribution is 0.196. The molecule has 0 aliphatic heterocycles. The highest BCUT2D eigenvalue weighted by molar-refractivity contribution is 8.00. The second-order valence-electron chi connectivity index (χ2n) is 4.23. The number of aliphatic hydroxyl groups excluding tert-OH is 1. The maximum Gasteiger partial charge on any atom is 0.137 e. The number of hydrogen-bond donors (Lipinski definition) is 2. The predicted molar refractivity (Wildman–Crippen MR) is 70.9 cm³/mol. The Labute approximate surface area is 107 Å². The normalized spacial score (nSPS) is 16.6. The molecule has 2 nitrogen and oxygen atoms in total. The van der Waals surface area contributed by atoms with Crippen LogP contribution in [0, 0.1) is 5.82 Å². The summed E-state index contributed by atoms with van der Waals surface area (Å²) < 4.78 is 13.8. The summed E-state index contributed by atoms with van der Waals surface area (Å²) in [4.78, 5) is 0.628. The summed E-state index contributed by atoms with van der Waals surface area (Å²) in [6.07, 6.45) is -0.461. The number of thioether (sulfide) groups is 1. The fourth-order valence-corrected chi connectivity index (χ4v) is 2.56. The summed E-state index contributed by atoms with van der Waals surface area (Å²) in [6, 6.07) is 5.19. The Bertz CT molecular complexity index is 370. The van der Waals surface area contributed by atoms with Crippen LogP contribution in [0.4, 0.5) is 4.39 Å². The maximum atomic E-state index is 13.8. The molecule has 0 spiro atoms. The molecule has 3 unspecified atom stereocenters. The lowest BCUT2D eigenvalue weighted by Gasteiger charge is -2.20. The highest BCUT2D eigenvalue weighted by Crippen LogP contribution is 2.33. The van der Waals surface area contributed by atoms with Crippen molar-refractivity contribution in [3.63, 3.8) is 0 Å². The predicted octanol–water partition coefficient (Wildman–Crippen LogP) is 2.97. The van der Waals surface area contributed by atoms with E-state index in [9.17, 15) is 9.50 Å². The van der Waals surface area contributed by atoms with Gasteiger partial charge in [-0.1, -0.05) is 19.1 Å². The monoisotopic (exact) mass is 257 g/mol. The van der Waals surface area contributed by atoms with E-state index >= 15 is 0 Å². The molecule has 0 aliphatic carbocycles. The van der Waals surface area contributed by atoms with Crippen molar-refractivity contribution in [2.75, 3.05) is 7.05 Å². The molecule has 0 amide bonds. The quantitative estimate of drug-likeness (QED) is 0.795.